The van der Waals surface area contributed by atoms with Crippen molar-refractivity contribution in [2.75, 3.05) is 11.9 Å². The Morgan fingerprint density at radius 3 is 2.58 bits per heavy atom. The molecule has 0 aromatic heterocycles. The minimum Gasteiger partial charge on any atom is -0.493 e. The van der Waals surface area contributed by atoms with Crippen molar-refractivity contribution in [1.82, 2.24) is 0 Å². The number of rotatable bonds is 4. The van der Waals surface area contributed by atoms with Gasteiger partial charge in [-0.3, -0.25) is 0 Å². The van der Waals surface area contributed by atoms with Gasteiger partial charge in [0.05, 0.1) is 6.61 Å². The topological polar surface area (TPSA) is 47.3 Å². The first-order chi connectivity index (χ1) is 9.20. The fourth-order valence-corrected chi connectivity index (χ4v) is 1.99. The standard InChI is InChI=1S/C15H16N2OS/c1-2-18-14-10-12(17-15(16)19)8-9-13(14)11-6-4-3-5-7-11/h3-10H,2H2,1H3,(H3,16,17,19). The Labute approximate surface area is 118 Å². The number of hydrogen-bond donors (Lipinski definition) is 2. The third-order valence-corrected chi connectivity index (χ3v) is 2.74. The molecule has 3 nitrogen and oxygen atoms in total. The van der Waals surface area contributed by atoms with E-state index < -0.39 is 0 Å². The number of hydrogen-bond acceptors (Lipinski definition) is 2. The predicted octanol–water partition coefficient (Wildman–Crippen LogP) is 3.41. The van der Waals surface area contributed by atoms with E-state index in [1.165, 1.54) is 0 Å². The molecule has 0 saturated carbocycles. The molecule has 98 valence electrons. The van der Waals surface area contributed by atoms with Crippen LogP contribution in [0.25, 0.3) is 11.1 Å². The van der Waals surface area contributed by atoms with Gasteiger partial charge in [0.25, 0.3) is 0 Å². The molecule has 0 amide bonds. The van der Waals surface area contributed by atoms with Crippen molar-refractivity contribution in [3.05, 3.63) is 48.5 Å². The number of thiocarbonyl (C=S) groups is 1. The van der Waals surface area contributed by atoms with E-state index in [4.69, 9.17) is 22.7 Å². The Kier molecular flexibility index (Phi) is 4.36. The van der Waals surface area contributed by atoms with Crippen molar-refractivity contribution in [3.8, 4) is 16.9 Å². The van der Waals surface area contributed by atoms with Crippen LogP contribution in [0.5, 0.6) is 5.75 Å². The average molecular weight is 272 g/mol. The third kappa shape index (κ3) is 3.45. The molecule has 0 heterocycles. The first-order valence-corrected chi connectivity index (χ1v) is 6.50. The monoisotopic (exact) mass is 272 g/mol. The van der Waals surface area contributed by atoms with E-state index in [-0.39, 0.29) is 5.11 Å². The lowest BCUT2D eigenvalue weighted by molar-refractivity contribution is 0.342. The van der Waals surface area contributed by atoms with Crippen LogP contribution in [0.3, 0.4) is 0 Å². The van der Waals surface area contributed by atoms with Gasteiger partial charge in [0.15, 0.2) is 5.11 Å². The van der Waals surface area contributed by atoms with Crippen molar-refractivity contribution in [1.29, 1.82) is 0 Å². The lowest BCUT2D eigenvalue weighted by atomic mass is 10.0. The summed E-state index contributed by atoms with van der Waals surface area (Å²) in [4.78, 5) is 0. The maximum atomic E-state index is 5.69. The summed E-state index contributed by atoms with van der Waals surface area (Å²) in [6, 6.07) is 16.0. The molecule has 3 N–H and O–H groups in total. The SMILES string of the molecule is CCOc1cc(NC(N)=S)ccc1-c1ccccc1. The normalized spacial score (nSPS) is 9.95. The zero-order valence-corrected chi connectivity index (χ0v) is 11.5. The van der Waals surface area contributed by atoms with Gasteiger partial charge < -0.3 is 15.8 Å². The summed E-state index contributed by atoms with van der Waals surface area (Å²) in [5, 5.41) is 3.16. The quantitative estimate of drug-likeness (QED) is 0.837. The summed E-state index contributed by atoms with van der Waals surface area (Å²) in [5.74, 6) is 0.815. The van der Waals surface area contributed by atoms with Gasteiger partial charge in [0.2, 0.25) is 0 Å². The summed E-state index contributed by atoms with van der Waals surface area (Å²) in [7, 11) is 0. The first-order valence-electron chi connectivity index (χ1n) is 6.09. The Bertz CT molecular complexity index is 570. The molecular weight excluding hydrogens is 256 g/mol. The van der Waals surface area contributed by atoms with Gasteiger partial charge in [-0.05, 0) is 36.8 Å². The summed E-state index contributed by atoms with van der Waals surface area (Å²) < 4.78 is 5.69. The van der Waals surface area contributed by atoms with Gasteiger partial charge in [-0.25, -0.2) is 0 Å². The van der Waals surface area contributed by atoms with Crippen molar-refractivity contribution in [2.45, 2.75) is 6.92 Å². The number of nitrogens with one attached hydrogen (secondary N) is 1. The fourth-order valence-electron chi connectivity index (χ4n) is 1.87. The fraction of sp³-hybridized carbons (Fsp3) is 0.133. The Morgan fingerprint density at radius 1 is 1.21 bits per heavy atom. The Balaban J connectivity index is 2.41. The summed E-state index contributed by atoms with van der Waals surface area (Å²) in [6.07, 6.45) is 0. The number of benzene rings is 2. The highest BCUT2D eigenvalue weighted by atomic mass is 32.1. The maximum Gasteiger partial charge on any atom is 0.168 e. The van der Waals surface area contributed by atoms with Gasteiger partial charge in [-0.1, -0.05) is 30.3 Å². The highest BCUT2D eigenvalue weighted by molar-refractivity contribution is 7.80. The van der Waals surface area contributed by atoms with Crippen LogP contribution in [0.2, 0.25) is 0 Å². The second kappa shape index (κ2) is 6.20. The van der Waals surface area contributed by atoms with Crippen LogP contribution in [0.4, 0.5) is 5.69 Å². The van der Waals surface area contributed by atoms with Crippen LogP contribution in [0.15, 0.2) is 48.5 Å². The van der Waals surface area contributed by atoms with Crippen LogP contribution in [0.1, 0.15) is 6.92 Å². The lowest BCUT2D eigenvalue weighted by Crippen LogP contribution is -2.18. The summed E-state index contributed by atoms with van der Waals surface area (Å²) in [5.41, 5.74) is 8.48. The molecule has 0 saturated heterocycles. The highest BCUT2D eigenvalue weighted by Crippen LogP contribution is 2.32. The molecule has 4 heteroatoms. The predicted molar refractivity (Wildman–Crippen MR) is 83.5 cm³/mol. The van der Waals surface area contributed by atoms with Crippen LogP contribution >= 0.6 is 12.2 Å². The Hall–Kier alpha value is -2.07. The second-order valence-corrected chi connectivity index (χ2v) is 4.44. The summed E-state index contributed by atoms with van der Waals surface area (Å²) >= 11 is 4.84. The van der Waals surface area contributed by atoms with E-state index >= 15 is 0 Å². The molecule has 0 unspecified atom stereocenters. The van der Waals surface area contributed by atoms with Crippen LogP contribution in [-0.4, -0.2) is 11.7 Å². The smallest absolute Gasteiger partial charge is 0.168 e. The molecule has 2 aromatic carbocycles. The number of ether oxygens (including phenoxy) is 1. The number of anilines is 1. The third-order valence-electron chi connectivity index (χ3n) is 2.63. The Morgan fingerprint density at radius 2 is 1.95 bits per heavy atom. The van der Waals surface area contributed by atoms with Gasteiger partial charge >= 0.3 is 0 Å². The van der Waals surface area contributed by atoms with Gasteiger partial charge in [0.1, 0.15) is 5.75 Å². The molecule has 0 fully saturated rings. The van der Waals surface area contributed by atoms with Gasteiger partial charge in [-0.15, -0.1) is 0 Å². The van der Waals surface area contributed by atoms with E-state index in [1.807, 2.05) is 43.3 Å². The van der Waals surface area contributed by atoms with E-state index in [1.54, 1.807) is 0 Å². The maximum absolute atomic E-state index is 5.69. The van der Waals surface area contributed by atoms with Crippen LogP contribution in [0, 0.1) is 0 Å². The van der Waals surface area contributed by atoms with Crippen molar-refractivity contribution < 1.29 is 4.74 Å². The minimum absolute atomic E-state index is 0.245. The number of nitrogens with two attached hydrogens (primary N) is 1. The molecule has 19 heavy (non-hydrogen) atoms. The molecule has 2 aromatic rings. The highest BCUT2D eigenvalue weighted by Gasteiger charge is 2.07. The summed E-state index contributed by atoms with van der Waals surface area (Å²) in [6.45, 7) is 2.57. The van der Waals surface area contributed by atoms with Gasteiger partial charge in [0, 0.05) is 17.3 Å². The molecule has 0 aliphatic carbocycles. The molecule has 0 aliphatic heterocycles. The van der Waals surface area contributed by atoms with Crippen molar-refractivity contribution in [2.24, 2.45) is 5.73 Å². The molecule has 0 bridgehead atoms. The molecule has 0 radical (unpaired) electrons. The average Bonchev–Trinajstić information content (AvgIpc) is 2.40. The van der Waals surface area contributed by atoms with Crippen molar-refractivity contribution >= 4 is 23.0 Å². The van der Waals surface area contributed by atoms with Gasteiger partial charge in [-0.2, -0.15) is 0 Å². The van der Waals surface area contributed by atoms with Crippen molar-refractivity contribution in [3.63, 3.8) is 0 Å². The molecule has 0 aliphatic rings. The second-order valence-electron chi connectivity index (χ2n) is 4.00. The van der Waals surface area contributed by atoms with Crippen LogP contribution in [-0.2, 0) is 0 Å². The van der Waals surface area contributed by atoms with E-state index in [2.05, 4.69) is 17.4 Å². The zero-order valence-electron chi connectivity index (χ0n) is 10.7. The zero-order chi connectivity index (χ0) is 13.7. The minimum atomic E-state index is 0.245. The molecular formula is C15H16N2OS. The largest absolute Gasteiger partial charge is 0.493 e. The molecule has 0 atom stereocenters. The van der Waals surface area contributed by atoms with E-state index in [0.29, 0.717) is 6.61 Å². The van der Waals surface area contributed by atoms with E-state index in [9.17, 15) is 0 Å². The lowest BCUT2D eigenvalue weighted by Gasteiger charge is -2.13. The van der Waals surface area contributed by atoms with E-state index in [0.717, 1.165) is 22.6 Å². The van der Waals surface area contributed by atoms with Crippen LogP contribution < -0.4 is 15.8 Å². The first kappa shape index (κ1) is 13.4. The molecule has 2 rings (SSSR count). The molecule has 0 spiro atoms.